The fraction of sp³-hybridized carbons (Fsp3) is 0.130. The highest BCUT2D eigenvalue weighted by atomic mass is 32.2. The molecule has 0 atom stereocenters. The zero-order valence-electron chi connectivity index (χ0n) is 17.5. The van der Waals surface area contributed by atoms with E-state index in [1.807, 2.05) is 0 Å². The van der Waals surface area contributed by atoms with E-state index in [0.717, 1.165) is 0 Å². The number of carbonyl (C=O) groups excluding carboxylic acids is 2. The molecule has 0 aliphatic rings. The Labute approximate surface area is 185 Å². The zero-order chi connectivity index (χ0) is 23.3. The highest BCUT2D eigenvalue weighted by Crippen LogP contribution is 2.19. The maximum Gasteiger partial charge on any atom is 0.258 e. The van der Waals surface area contributed by atoms with Crippen molar-refractivity contribution in [3.05, 3.63) is 94.8 Å². The Bertz CT molecular complexity index is 1280. The van der Waals surface area contributed by atoms with Gasteiger partial charge in [-0.15, -0.1) is 0 Å². The van der Waals surface area contributed by atoms with E-state index in [0.29, 0.717) is 22.4 Å². The summed E-state index contributed by atoms with van der Waals surface area (Å²) in [7, 11) is -2.27. The summed E-state index contributed by atoms with van der Waals surface area (Å²) in [4.78, 5) is 25.1. The standard InChI is InChI=1S/C23H22FN3O4S/c1-15-10-11-17(13-21(15)27-23(29)19-8-3-4-9-20(19)24)22(28)26-14-16-6-5-7-18(12-16)32(30,31)25-2/h3-13,25H,14H2,1-2H3,(H,26,28)(H,27,29). The quantitative estimate of drug-likeness (QED) is 0.509. The molecule has 7 nitrogen and oxygen atoms in total. The third kappa shape index (κ3) is 5.37. The lowest BCUT2D eigenvalue weighted by atomic mass is 10.1. The number of anilines is 1. The molecular formula is C23H22FN3O4S. The second-order valence-corrected chi connectivity index (χ2v) is 8.89. The van der Waals surface area contributed by atoms with Gasteiger partial charge in [0.2, 0.25) is 10.0 Å². The molecule has 0 aromatic heterocycles. The van der Waals surface area contributed by atoms with E-state index >= 15 is 0 Å². The van der Waals surface area contributed by atoms with Gasteiger partial charge in [-0.05, 0) is 61.5 Å². The molecular weight excluding hydrogens is 433 g/mol. The van der Waals surface area contributed by atoms with E-state index in [2.05, 4.69) is 15.4 Å². The van der Waals surface area contributed by atoms with E-state index in [9.17, 15) is 22.4 Å². The normalized spacial score (nSPS) is 11.1. The Kier molecular flexibility index (Phi) is 7.01. The number of sulfonamides is 1. The zero-order valence-corrected chi connectivity index (χ0v) is 18.3. The van der Waals surface area contributed by atoms with Crippen molar-refractivity contribution < 1.29 is 22.4 Å². The van der Waals surface area contributed by atoms with Crippen LogP contribution in [0.1, 0.15) is 31.8 Å². The van der Waals surface area contributed by atoms with Crippen molar-refractivity contribution in [2.45, 2.75) is 18.4 Å². The van der Waals surface area contributed by atoms with Crippen LogP contribution in [0.15, 0.2) is 71.6 Å². The molecule has 0 fully saturated rings. The third-order valence-electron chi connectivity index (χ3n) is 4.80. The maximum atomic E-state index is 13.9. The lowest BCUT2D eigenvalue weighted by Gasteiger charge is -2.12. The number of hydrogen-bond acceptors (Lipinski definition) is 4. The van der Waals surface area contributed by atoms with Crippen LogP contribution in [0.25, 0.3) is 0 Å². The number of nitrogens with one attached hydrogen (secondary N) is 3. The molecule has 0 aliphatic carbocycles. The summed E-state index contributed by atoms with van der Waals surface area (Å²) >= 11 is 0. The monoisotopic (exact) mass is 455 g/mol. The van der Waals surface area contributed by atoms with Crippen LogP contribution in [0.4, 0.5) is 10.1 Å². The van der Waals surface area contributed by atoms with Crippen LogP contribution in [0.2, 0.25) is 0 Å². The average molecular weight is 456 g/mol. The summed E-state index contributed by atoms with van der Waals surface area (Å²) in [5.74, 6) is -1.67. The van der Waals surface area contributed by atoms with Gasteiger partial charge in [0.25, 0.3) is 11.8 Å². The minimum Gasteiger partial charge on any atom is -0.348 e. The molecule has 0 spiro atoms. The number of amides is 2. The predicted molar refractivity (Wildman–Crippen MR) is 119 cm³/mol. The van der Waals surface area contributed by atoms with Crippen molar-refractivity contribution in [1.29, 1.82) is 0 Å². The van der Waals surface area contributed by atoms with E-state index in [4.69, 9.17) is 0 Å². The van der Waals surface area contributed by atoms with Gasteiger partial charge in [-0.3, -0.25) is 9.59 Å². The van der Waals surface area contributed by atoms with Crippen molar-refractivity contribution in [2.24, 2.45) is 0 Å². The van der Waals surface area contributed by atoms with Gasteiger partial charge in [-0.25, -0.2) is 17.5 Å². The summed E-state index contributed by atoms with van der Waals surface area (Å²) in [6.07, 6.45) is 0. The summed E-state index contributed by atoms with van der Waals surface area (Å²) in [6, 6.07) is 16.6. The SMILES string of the molecule is CNS(=O)(=O)c1cccc(CNC(=O)c2ccc(C)c(NC(=O)c3ccccc3F)c2)c1. The summed E-state index contributed by atoms with van der Waals surface area (Å²) in [6.45, 7) is 1.86. The molecule has 0 heterocycles. The Morgan fingerprint density at radius 3 is 2.41 bits per heavy atom. The number of aryl methyl sites for hydroxylation is 1. The molecule has 0 saturated heterocycles. The Morgan fingerprint density at radius 1 is 0.938 bits per heavy atom. The van der Waals surface area contributed by atoms with Gasteiger partial charge >= 0.3 is 0 Å². The fourth-order valence-corrected chi connectivity index (χ4v) is 3.76. The average Bonchev–Trinajstić information content (AvgIpc) is 2.79. The van der Waals surface area contributed by atoms with Crippen molar-refractivity contribution in [3.63, 3.8) is 0 Å². The lowest BCUT2D eigenvalue weighted by molar-refractivity contribution is 0.0949. The smallest absolute Gasteiger partial charge is 0.258 e. The van der Waals surface area contributed by atoms with Crippen LogP contribution in [0.5, 0.6) is 0 Å². The van der Waals surface area contributed by atoms with Gasteiger partial charge in [0.05, 0.1) is 10.5 Å². The van der Waals surface area contributed by atoms with E-state index in [1.54, 1.807) is 37.3 Å². The van der Waals surface area contributed by atoms with Crippen molar-refractivity contribution in [1.82, 2.24) is 10.0 Å². The highest BCUT2D eigenvalue weighted by molar-refractivity contribution is 7.89. The molecule has 3 N–H and O–H groups in total. The van der Waals surface area contributed by atoms with Crippen LogP contribution >= 0.6 is 0 Å². The van der Waals surface area contributed by atoms with Crippen molar-refractivity contribution >= 4 is 27.5 Å². The van der Waals surface area contributed by atoms with Gasteiger partial charge in [-0.2, -0.15) is 0 Å². The summed E-state index contributed by atoms with van der Waals surface area (Å²) < 4.78 is 40.0. The molecule has 166 valence electrons. The first-order chi connectivity index (χ1) is 15.2. The predicted octanol–water partition coefficient (Wildman–Crippen LogP) is 3.22. The molecule has 2 amide bonds. The molecule has 3 aromatic carbocycles. The van der Waals surface area contributed by atoms with Gasteiger partial charge in [0.15, 0.2) is 0 Å². The molecule has 3 aromatic rings. The number of carbonyl (C=O) groups is 2. The lowest BCUT2D eigenvalue weighted by Crippen LogP contribution is -2.24. The van der Waals surface area contributed by atoms with Crippen LogP contribution in [0.3, 0.4) is 0 Å². The molecule has 0 aliphatic heterocycles. The first kappa shape index (κ1) is 23.1. The highest BCUT2D eigenvalue weighted by Gasteiger charge is 2.15. The van der Waals surface area contributed by atoms with Gasteiger partial charge in [-0.1, -0.05) is 30.3 Å². The van der Waals surface area contributed by atoms with Crippen molar-refractivity contribution in [3.8, 4) is 0 Å². The third-order valence-corrected chi connectivity index (χ3v) is 6.21. The van der Waals surface area contributed by atoms with E-state index in [1.165, 1.54) is 43.4 Å². The Morgan fingerprint density at radius 2 is 1.69 bits per heavy atom. The summed E-state index contributed by atoms with van der Waals surface area (Å²) in [5, 5.41) is 5.36. The summed E-state index contributed by atoms with van der Waals surface area (Å²) in [5.41, 5.74) is 1.88. The second kappa shape index (κ2) is 9.71. The fourth-order valence-electron chi connectivity index (χ4n) is 2.96. The van der Waals surface area contributed by atoms with E-state index < -0.39 is 27.7 Å². The molecule has 3 rings (SSSR count). The van der Waals surface area contributed by atoms with E-state index in [-0.39, 0.29) is 17.0 Å². The van der Waals surface area contributed by atoms with Crippen molar-refractivity contribution in [2.75, 3.05) is 12.4 Å². The Hall–Kier alpha value is -3.56. The van der Waals surface area contributed by atoms with Gasteiger partial charge < -0.3 is 10.6 Å². The first-order valence-electron chi connectivity index (χ1n) is 9.68. The van der Waals surface area contributed by atoms with Gasteiger partial charge in [0.1, 0.15) is 5.82 Å². The largest absolute Gasteiger partial charge is 0.348 e. The van der Waals surface area contributed by atoms with Crippen LogP contribution in [-0.2, 0) is 16.6 Å². The Balaban J connectivity index is 1.72. The molecule has 0 bridgehead atoms. The maximum absolute atomic E-state index is 13.9. The molecule has 9 heteroatoms. The van der Waals surface area contributed by atoms with Crippen LogP contribution < -0.4 is 15.4 Å². The van der Waals surface area contributed by atoms with Crippen LogP contribution in [0, 0.1) is 12.7 Å². The molecule has 0 unspecified atom stereocenters. The molecule has 0 radical (unpaired) electrons. The first-order valence-corrected chi connectivity index (χ1v) is 11.2. The number of halogens is 1. The number of hydrogen-bond donors (Lipinski definition) is 3. The number of benzene rings is 3. The number of rotatable bonds is 7. The minimum absolute atomic E-state index is 0.0974. The second-order valence-electron chi connectivity index (χ2n) is 7.00. The van der Waals surface area contributed by atoms with Crippen LogP contribution in [-0.4, -0.2) is 27.3 Å². The van der Waals surface area contributed by atoms with Gasteiger partial charge in [0, 0.05) is 17.8 Å². The minimum atomic E-state index is -3.59. The topological polar surface area (TPSA) is 104 Å². The molecule has 32 heavy (non-hydrogen) atoms. The molecule has 0 saturated carbocycles.